The molecule has 0 unspecified atom stereocenters. The van der Waals surface area contributed by atoms with E-state index in [1.54, 1.807) is 6.07 Å². The third-order valence-corrected chi connectivity index (χ3v) is 6.42. The van der Waals surface area contributed by atoms with Crippen molar-refractivity contribution in [2.24, 2.45) is 5.41 Å². The lowest BCUT2D eigenvalue weighted by Gasteiger charge is -2.40. The van der Waals surface area contributed by atoms with Crippen LogP contribution in [0.15, 0.2) is 18.2 Å². The topological polar surface area (TPSA) is 49.2 Å². The lowest BCUT2D eigenvalue weighted by Crippen LogP contribution is -2.39. The van der Waals surface area contributed by atoms with E-state index in [1.165, 1.54) is 6.42 Å². The number of anilines is 1. The van der Waals surface area contributed by atoms with Crippen LogP contribution in [0.5, 0.6) is 0 Å². The molecule has 4 nitrogen and oxygen atoms in total. The summed E-state index contributed by atoms with van der Waals surface area (Å²) in [5.41, 5.74) is 3.17. The van der Waals surface area contributed by atoms with E-state index in [0.29, 0.717) is 26.8 Å². The van der Waals surface area contributed by atoms with Gasteiger partial charge >= 0.3 is 0 Å². The first-order valence-electron chi connectivity index (χ1n) is 9.06. The van der Waals surface area contributed by atoms with Gasteiger partial charge in [-0.2, -0.15) is 0 Å². The molecule has 1 N–H and O–H groups in total. The number of hydrogen-bond donors (Lipinski definition) is 1. The molecular formula is C20H25Cl2N3O. The Hall–Kier alpha value is -1.36. The van der Waals surface area contributed by atoms with Crippen molar-refractivity contribution in [2.75, 3.05) is 18.0 Å². The van der Waals surface area contributed by atoms with Crippen LogP contribution < -0.4 is 4.90 Å². The smallest absolute Gasteiger partial charge is 0.153 e. The van der Waals surface area contributed by atoms with E-state index in [9.17, 15) is 5.11 Å². The van der Waals surface area contributed by atoms with Crippen LogP contribution in [0.1, 0.15) is 44.5 Å². The summed E-state index contributed by atoms with van der Waals surface area (Å²) in [6.45, 7) is 8.23. The number of aryl methyl sites for hydroxylation is 1. The lowest BCUT2D eigenvalue weighted by molar-refractivity contribution is 0.236. The van der Waals surface area contributed by atoms with E-state index in [4.69, 9.17) is 33.2 Å². The molecule has 0 radical (unpaired) electrons. The van der Waals surface area contributed by atoms with Gasteiger partial charge in [0.05, 0.1) is 28.0 Å². The monoisotopic (exact) mass is 393 g/mol. The first-order chi connectivity index (χ1) is 12.4. The average Bonchev–Trinajstić information content (AvgIpc) is 2.65. The molecule has 2 heterocycles. The minimum Gasteiger partial charge on any atom is -0.390 e. The van der Waals surface area contributed by atoms with Gasteiger partial charge in [-0.15, -0.1) is 0 Å². The summed E-state index contributed by atoms with van der Waals surface area (Å²) < 4.78 is 0. The highest BCUT2D eigenvalue weighted by atomic mass is 35.5. The summed E-state index contributed by atoms with van der Waals surface area (Å²) in [5, 5.41) is 10.8. The van der Waals surface area contributed by atoms with Crippen molar-refractivity contribution in [1.29, 1.82) is 0 Å². The van der Waals surface area contributed by atoms with Crippen molar-refractivity contribution >= 4 is 29.0 Å². The maximum atomic E-state index is 9.90. The highest BCUT2D eigenvalue weighted by molar-refractivity contribution is 6.43. The Labute approximate surface area is 165 Å². The molecule has 0 atom stereocenters. The quantitative estimate of drug-likeness (QED) is 0.768. The van der Waals surface area contributed by atoms with Gasteiger partial charge in [-0.05, 0) is 31.2 Å². The second kappa shape index (κ2) is 7.71. The molecular weight excluding hydrogens is 369 g/mol. The number of benzene rings is 1. The van der Waals surface area contributed by atoms with Crippen molar-refractivity contribution in [3.05, 3.63) is 39.6 Å². The minimum atomic E-state index is -0.157. The second-order valence-corrected chi connectivity index (χ2v) is 8.12. The molecule has 1 aliphatic rings. The largest absolute Gasteiger partial charge is 0.390 e. The number of nitrogens with zero attached hydrogens (tertiary/aromatic N) is 3. The van der Waals surface area contributed by atoms with Gasteiger partial charge in [0.15, 0.2) is 5.82 Å². The van der Waals surface area contributed by atoms with Crippen LogP contribution in [-0.4, -0.2) is 28.2 Å². The number of halogens is 2. The lowest BCUT2D eigenvalue weighted by atomic mass is 9.78. The van der Waals surface area contributed by atoms with Gasteiger partial charge in [-0.1, -0.05) is 55.6 Å². The van der Waals surface area contributed by atoms with Crippen LogP contribution in [0, 0.1) is 12.3 Å². The van der Waals surface area contributed by atoms with Gasteiger partial charge in [-0.25, -0.2) is 9.97 Å². The van der Waals surface area contributed by atoms with Gasteiger partial charge in [-0.3, -0.25) is 0 Å². The summed E-state index contributed by atoms with van der Waals surface area (Å²) in [4.78, 5) is 11.7. The third kappa shape index (κ3) is 3.68. The fourth-order valence-corrected chi connectivity index (χ4v) is 3.85. The number of hydrogen-bond acceptors (Lipinski definition) is 4. The third-order valence-electron chi connectivity index (χ3n) is 5.60. The molecule has 0 bridgehead atoms. The van der Waals surface area contributed by atoms with Crippen LogP contribution in [0.2, 0.25) is 10.0 Å². The first-order valence-corrected chi connectivity index (χ1v) is 9.82. The van der Waals surface area contributed by atoms with Crippen molar-refractivity contribution < 1.29 is 5.11 Å². The standard InChI is InChI=1S/C20H25Cl2N3O/c1-4-20(3)8-10-25(11-9-20)19-16(12-26)24-18(13(2)23-19)14-6-5-7-15(21)17(14)22/h5-7,26H,4,8-12H2,1-3H3. The predicted octanol–water partition coefficient (Wildman–Crippen LogP) is 5.27. The Morgan fingerprint density at radius 3 is 2.50 bits per heavy atom. The van der Waals surface area contributed by atoms with Gasteiger partial charge < -0.3 is 10.0 Å². The Bertz CT molecular complexity index is 802. The zero-order valence-corrected chi connectivity index (χ0v) is 17.0. The summed E-state index contributed by atoms with van der Waals surface area (Å²) in [7, 11) is 0. The van der Waals surface area contributed by atoms with Crippen molar-refractivity contribution in [3.8, 4) is 11.3 Å². The van der Waals surface area contributed by atoms with Gasteiger partial charge in [0.2, 0.25) is 0 Å². The Morgan fingerprint density at radius 1 is 1.19 bits per heavy atom. The normalized spacial score (nSPS) is 16.8. The van der Waals surface area contributed by atoms with Crippen LogP contribution in [0.25, 0.3) is 11.3 Å². The molecule has 140 valence electrons. The number of aliphatic hydroxyl groups is 1. The van der Waals surface area contributed by atoms with Crippen LogP contribution in [0.3, 0.4) is 0 Å². The van der Waals surface area contributed by atoms with Crippen LogP contribution >= 0.6 is 23.2 Å². The van der Waals surface area contributed by atoms with Gasteiger partial charge in [0, 0.05) is 18.7 Å². The van der Waals surface area contributed by atoms with E-state index < -0.39 is 0 Å². The molecule has 0 amide bonds. The Balaban J connectivity index is 1.97. The Kier molecular flexibility index (Phi) is 5.75. The fourth-order valence-electron chi connectivity index (χ4n) is 3.46. The van der Waals surface area contributed by atoms with Crippen molar-refractivity contribution in [1.82, 2.24) is 9.97 Å². The number of rotatable bonds is 4. The summed E-state index contributed by atoms with van der Waals surface area (Å²) in [5.74, 6) is 0.782. The van der Waals surface area contributed by atoms with E-state index in [2.05, 4.69) is 18.7 Å². The summed E-state index contributed by atoms with van der Waals surface area (Å²) in [6, 6.07) is 5.46. The minimum absolute atomic E-state index is 0.157. The average molecular weight is 394 g/mol. The summed E-state index contributed by atoms with van der Waals surface area (Å²) >= 11 is 12.5. The number of aromatic nitrogens is 2. The molecule has 3 rings (SSSR count). The predicted molar refractivity (Wildman–Crippen MR) is 108 cm³/mol. The van der Waals surface area contributed by atoms with E-state index in [0.717, 1.165) is 43.0 Å². The van der Waals surface area contributed by atoms with Gasteiger partial charge in [0.1, 0.15) is 5.69 Å². The fraction of sp³-hybridized carbons (Fsp3) is 0.500. The maximum Gasteiger partial charge on any atom is 0.153 e. The molecule has 0 saturated carbocycles. The zero-order chi connectivity index (χ0) is 18.9. The molecule has 1 fully saturated rings. The van der Waals surface area contributed by atoms with Crippen LogP contribution in [-0.2, 0) is 6.61 Å². The molecule has 0 aliphatic carbocycles. The molecule has 6 heteroatoms. The Morgan fingerprint density at radius 2 is 1.88 bits per heavy atom. The highest BCUT2D eigenvalue weighted by Gasteiger charge is 2.30. The molecule has 1 saturated heterocycles. The first kappa shape index (κ1) is 19.4. The number of aliphatic hydroxyl groups excluding tert-OH is 1. The molecule has 1 aromatic carbocycles. The zero-order valence-electron chi connectivity index (χ0n) is 15.5. The van der Waals surface area contributed by atoms with Gasteiger partial charge in [0.25, 0.3) is 0 Å². The molecule has 26 heavy (non-hydrogen) atoms. The SMILES string of the molecule is CCC1(C)CCN(c2nc(C)c(-c3cccc(Cl)c3Cl)nc2CO)CC1. The van der Waals surface area contributed by atoms with Crippen LogP contribution in [0.4, 0.5) is 5.82 Å². The van der Waals surface area contributed by atoms with Crippen molar-refractivity contribution in [3.63, 3.8) is 0 Å². The van der Waals surface area contributed by atoms with E-state index >= 15 is 0 Å². The molecule has 1 aromatic heterocycles. The molecule has 2 aromatic rings. The second-order valence-electron chi connectivity index (χ2n) is 7.34. The summed E-state index contributed by atoms with van der Waals surface area (Å²) in [6.07, 6.45) is 3.43. The molecule has 1 aliphatic heterocycles. The number of piperidine rings is 1. The van der Waals surface area contributed by atoms with E-state index in [1.807, 2.05) is 19.1 Å². The van der Waals surface area contributed by atoms with E-state index in [-0.39, 0.29) is 6.61 Å². The maximum absolute atomic E-state index is 9.90. The molecule has 0 spiro atoms. The van der Waals surface area contributed by atoms with Crippen molar-refractivity contribution in [2.45, 2.75) is 46.6 Å². The highest BCUT2D eigenvalue weighted by Crippen LogP contribution is 2.38.